The Kier molecular flexibility index (Phi) is 2.33. The SMILES string of the molecule is N#CC1(C2=CC(N)=CCC2)CCCC1. The molecule has 14 heavy (non-hydrogen) atoms. The van der Waals surface area contributed by atoms with Crippen molar-refractivity contribution in [1.29, 1.82) is 5.26 Å². The maximum absolute atomic E-state index is 9.30. The summed E-state index contributed by atoms with van der Waals surface area (Å²) in [4.78, 5) is 0. The Morgan fingerprint density at radius 2 is 2.07 bits per heavy atom. The van der Waals surface area contributed by atoms with Crippen LogP contribution in [0.1, 0.15) is 38.5 Å². The van der Waals surface area contributed by atoms with Gasteiger partial charge in [0, 0.05) is 5.70 Å². The van der Waals surface area contributed by atoms with Gasteiger partial charge in [-0.3, -0.25) is 0 Å². The minimum absolute atomic E-state index is 0.168. The third-order valence-electron chi connectivity index (χ3n) is 3.42. The second-order valence-electron chi connectivity index (χ2n) is 4.31. The molecule has 0 amide bonds. The molecule has 0 aromatic heterocycles. The van der Waals surface area contributed by atoms with E-state index < -0.39 is 0 Å². The van der Waals surface area contributed by atoms with Crippen molar-refractivity contribution in [2.45, 2.75) is 38.5 Å². The fourth-order valence-electron chi connectivity index (χ4n) is 2.59. The zero-order valence-corrected chi connectivity index (χ0v) is 8.42. The lowest BCUT2D eigenvalue weighted by atomic mass is 9.76. The third-order valence-corrected chi connectivity index (χ3v) is 3.42. The minimum atomic E-state index is -0.168. The molecular weight excluding hydrogens is 172 g/mol. The normalized spacial score (nSPS) is 25.1. The van der Waals surface area contributed by atoms with Crippen molar-refractivity contribution in [3.8, 4) is 6.07 Å². The lowest BCUT2D eigenvalue weighted by Gasteiger charge is -2.26. The average molecular weight is 188 g/mol. The summed E-state index contributed by atoms with van der Waals surface area (Å²) in [7, 11) is 0. The number of rotatable bonds is 1. The van der Waals surface area contributed by atoms with Gasteiger partial charge in [-0.2, -0.15) is 5.26 Å². The first-order valence-corrected chi connectivity index (χ1v) is 5.35. The van der Waals surface area contributed by atoms with E-state index in [2.05, 4.69) is 6.07 Å². The van der Waals surface area contributed by atoms with E-state index in [0.717, 1.165) is 31.4 Å². The van der Waals surface area contributed by atoms with Gasteiger partial charge in [0.05, 0.1) is 11.5 Å². The second kappa shape index (κ2) is 3.49. The summed E-state index contributed by atoms with van der Waals surface area (Å²) in [6.07, 6.45) is 10.5. The highest BCUT2D eigenvalue weighted by atomic mass is 14.6. The van der Waals surface area contributed by atoms with Crippen LogP contribution >= 0.6 is 0 Å². The van der Waals surface area contributed by atoms with Crippen molar-refractivity contribution in [2.75, 3.05) is 0 Å². The number of allylic oxidation sites excluding steroid dienone is 3. The third kappa shape index (κ3) is 1.43. The summed E-state index contributed by atoms with van der Waals surface area (Å²) in [6.45, 7) is 0. The number of nitrogens with zero attached hydrogens (tertiary/aromatic N) is 1. The molecule has 0 saturated heterocycles. The van der Waals surface area contributed by atoms with Gasteiger partial charge in [-0.05, 0) is 37.3 Å². The molecule has 1 fully saturated rings. The van der Waals surface area contributed by atoms with E-state index in [1.165, 1.54) is 18.4 Å². The molecule has 2 rings (SSSR count). The fourth-order valence-corrected chi connectivity index (χ4v) is 2.59. The van der Waals surface area contributed by atoms with Gasteiger partial charge in [-0.15, -0.1) is 0 Å². The van der Waals surface area contributed by atoms with Gasteiger partial charge in [-0.25, -0.2) is 0 Å². The Morgan fingerprint density at radius 3 is 2.64 bits per heavy atom. The second-order valence-corrected chi connectivity index (χ2v) is 4.31. The van der Waals surface area contributed by atoms with Gasteiger partial charge in [0.25, 0.3) is 0 Å². The van der Waals surface area contributed by atoms with Gasteiger partial charge in [-0.1, -0.05) is 18.9 Å². The van der Waals surface area contributed by atoms with E-state index in [1.54, 1.807) is 0 Å². The highest BCUT2D eigenvalue weighted by molar-refractivity contribution is 5.34. The number of nitriles is 1. The van der Waals surface area contributed by atoms with Crippen LogP contribution in [0.5, 0.6) is 0 Å². The zero-order valence-electron chi connectivity index (χ0n) is 8.42. The van der Waals surface area contributed by atoms with Crippen LogP contribution in [0.3, 0.4) is 0 Å². The maximum Gasteiger partial charge on any atom is 0.0786 e. The molecule has 0 aliphatic heterocycles. The van der Waals surface area contributed by atoms with Gasteiger partial charge >= 0.3 is 0 Å². The Hall–Kier alpha value is -1.23. The smallest absolute Gasteiger partial charge is 0.0786 e. The summed E-state index contributed by atoms with van der Waals surface area (Å²) in [5, 5.41) is 9.30. The topological polar surface area (TPSA) is 49.8 Å². The highest BCUT2D eigenvalue weighted by Gasteiger charge is 2.37. The molecule has 0 spiro atoms. The maximum atomic E-state index is 9.30. The molecule has 1 saturated carbocycles. The predicted molar refractivity (Wildman–Crippen MR) is 56.1 cm³/mol. The van der Waals surface area contributed by atoms with Gasteiger partial charge in [0.1, 0.15) is 0 Å². The van der Waals surface area contributed by atoms with E-state index >= 15 is 0 Å². The zero-order chi connectivity index (χ0) is 10.0. The van der Waals surface area contributed by atoms with Crippen LogP contribution in [0.4, 0.5) is 0 Å². The number of nitrogens with two attached hydrogens (primary N) is 1. The molecule has 0 aromatic rings. The van der Waals surface area contributed by atoms with E-state index in [9.17, 15) is 5.26 Å². The van der Waals surface area contributed by atoms with E-state index in [1.807, 2.05) is 12.2 Å². The molecule has 2 heteroatoms. The average Bonchev–Trinajstić information content (AvgIpc) is 2.67. The quantitative estimate of drug-likeness (QED) is 0.687. The van der Waals surface area contributed by atoms with E-state index in [0.29, 0.717) is 0 Å². The van der Waals surface area contributed by atoms with Crippen molar-refractivity contribution in [1.82, 2.24) is 0 Å². The summed E-state index contributed by atoms with van der Waals surface area (Å²) >= 11 is 0. The van der Waals surface area contributed by atoms with Crippen LogP contribution in [-0.2, 0) is 0 Å². The number of hydrogen-bond donors (Lipinski definition) is 1. The lowest BCUT2D eigenvalue weighted by molar-refractivity contribution is 0.472. The van der Waals surface area contributed by atoms with Gasteiger partial charge in [0.2, 0.25) is 0 Å². The summed E-state index contributed by atoms with van der Waals surface area (Å²) < 4.78 is 0. The molecule has 0 radical (unpaired) electrons. The Balaban J connectivity index is 2.29. The van der Waals surface area contributed by atoms with E-state index in [-0.39, 0.29) is 5.41 Å². The van der Waals surface area contributed by atoms with Crippen LogP contribution in [-0.4, -0.2) is 0 Å². The van der Waals surface area contributed by atoms with Gasteiger partial charge < -0.3 is 5.73 Å². The number of hydrogen-bond acceptors (Lipinski definition) is 2. The molecule has 2 N–H and O–H groups in total. The van der Waals surface area contributed by atoms with Crippen molar-refractivity contribution < 1.29 is 0 Å². The molecule has 0 unspecified atom stereocenters. The van der Waals surface area contributed by atoms with Gasteiger partial charge in [0.15, 0.2) is 0 Å². The monoisotopic (exact) mass is 188 g/mol. The first kappa shape index (κ1) is 9.33. The Morgan fingerprint density at radius 1 is 1.36 bits per heavy atom. The molecule has 2 aliphatic carbocycles. The molecule has 0 atom stereocenters. The largest absolute Gasteiger partial charge is 0.399 e. The first-order chi connectivity index (χ1) is 6.77. The predicted octanol–water partition coefficient (Wildman–Crippen LogP) is 2.63. The fraction of sp³-hybridized carbons (Fsp3) is 0.583. The van der Waals surface area contributed by atoms with E-state index in [4.69, 9.17) is 5.73 Å². The summed E-state index contributed by atoms with van der Waals surface area (Å²) in [5.74, 6) is 0. The molecule has 0 aromatic carbocycles. The summed E-state index contributed by atoms with van der Waals surface area (Å²) in [6, 6.07) is 2.52. The molecule has 2 aliphatic rings. The molecular formula is C12H16N2. The standard InChI is InChI=1S/C12H16N2/c13-9-12(6-1-2-7-12)10-4-3-5-11(14)8-10/h5,8H,1-4,6-7,14H2. The van der Waals surface area contributed by atoms with Crippen molar-refractivity contribution in [3.05, 3.63) is 23.4 Å². The van der Waals surface area contributed by atoms with Crippen LogP contribution < -0.4 is 5.73 Å². The van der Waals surface area contributed by atoms with Crippen molar-refractivity contribution in [3.63, 3.8) is 0 Å². The lowest BCUT2D eigenvalue weighted by Crippen LogP contribution is -2.19. The van der Waals surface area contributed by atoms with Crippen LogP contribution in [0.2, 0.25) is 0 Å². The van der Waals surface area contributed by atoms with Crippen molar-refractivity contribution >= 4 is 0 Å². The highest BCUT2D eigenvalue weighted by Crippen LogP contribution is 2.46. The van der Waals surface area contributed by atoms with Crippen LogP contribution in [0.25, 0.3) is 0 Å². The Bertz CT molecular complexity index is 325. The molecule has 2 nitrogen and oxygen atoms in total. The Labute approximate surface area is 85.1 Å². The molecule has 0 bridgehead atoms. The molecule has 0 heterocycles. The molecule has 74 valence electrons. The van der Waals surface area contributed by atoms with Crippen LogP contribution in [0, 0.1) is 16.7 Å². The summed E-state index contributed by atoms with van der Waals surface area (Å²) in [5.41, 5.74) is 7.73. The minimum Gasteiger partial charge on any atom is -0.399 e. The van der Waals surface area contributed by atoms with Crippen LogP contribution in [0.15, 0.2) is 23.4 Å². The first-order valence-electron chi connectivity index (χ1n) is 5.35. The van der Waals surface area contributed by atoms with Crippen molar-refractivity contribution in [2.24, 2.45) is 11.1 Å².